The first-order chi connectivity index (χ1) is 11.7. The summed E-state index contributed by atoms with van der Waals surface area (Å²) in [5.74, 6) is 0.787. The van der Waals surface area contributed by atoms with Gasteiger partial charge in [-0.25, -0.2) is 0 Å². The van der Waals surface area contributed by atoms with Gasteiger partial charge in [-0.1, -0.05) is 30.3 Å². The number of nitrogens with zero attached hydrogens (tertiary/aromatic N) is 1. The van der Waals surface area contributed by atoms with E-state index in [-0.39, 0.29) is 18.6 Å². The maximum Gasteiger partial charge on any atom is 0.261 e. The zero-order valence-corrected chi connectivity index (χ0v) is 14.4. The first-order valence-electron chi connectivity index (χ1n) is 8.20. The van der Waals surface area contributed by atoms with Crippen LogP contribution in [0.5, 0.6) is 5.75 Å². The molecule has 0 bridgehead atoms. The van der Waals surface area contributed by atoms with Gasteiger partial charge in [0, 0.05) is 11.4 Å². The molecular formula is C20H19NO2S. The molecule has 24 heavy (non-hydrogen) atoms. The Bertz CT molecular complexity index is 886. The third kappa shape index (κ3) is 2.78. The Balaban J connectivity index is 1.44. The molecule has 1 aromatic heterocycles. The predicted octanol–water partition coefficient (Wildman–Crippen LogP) is 4.43. The summed E-state index contributed by atoms with van der Waals surface area (Å²) in [6, 6.07) is 16.3. The van der Waals surface area contributed by atoms with E-state index in [9.17, 15) is 4.79 Å². The lowest BCUT2D eigenvalue weighted by atomic mass is 10.0. The number of rotatable bonds is 3. The lowest BCUT2D eigenvalue weighted by Gasteiger charge is -2.33. The molecule has 0 saturated heterocycles. The van der Waals surface area contributed by atoms with Crippen molar-refractivity contribution in [3.8, 4) is 5.75 Å². The number of hydrogen-bond donors (Lipinski definition) is 0. The Morgan fingerprint density at radius 1 is 1.21 bits per heavy atom. The minimum atomic E-state index is 0.0486. The van der Waals surface area contributed by atoms with E-state index in [2.05, 4.69) is 30.5 Å². The molecule has 3 nitrogen and oxygen atoms in total. The molecule has 0 spiro atoms. The molecular weight excluding hydrogens is 318 g/mol. The summed E-state index contributed by atoms with van der Waals surface area (Å²) in [5.41, 5.74) is 1.28. The molecule has 1 aliphatic heterocycles. The number of amides is 1. The van der Waals surface area contributed by atoms with Crippen molar-refractivity contribution in [2.24, 2.45) is 0 Å². The molecule has 4 heteroatoms. The van der Waals surface area contributed by atoms with Crippen LogP contribution in [-0.4, -0.2) is 24.0 Å². The van der Waals surface area contributed by atoms with Gasteiger partial charge in [-0.2, -0.15) is 0 Å². The first-order valence-corrected chi connectivity index (χ1v) is 9.07. The Labute approximate surface area is 145 Å². The lowest BCUT2D eigenvalue weighted by Crippen LogP contribution is -2.40. The molecule has 4 rings (SSSR count). The van der Waals surface area contributed by atoms with Gasteiger partial charge in [0.15, 0.2) is 6.61 Å². The zero-order chi connectivity index (χ0) is 16.5. The molecule has 0 N–H and O–H groups in total. The van der Waals surface area contributed by atoms with Gasteiger partial charge in [-0.3, -0.25) is 4.79 Å². The van der Waals surface area contributed by atoms with Gasteiger partial charge in [0.05, 0.1) is 6.04 Å². The Kier molecular flexibility index (Phi) is 3.98. The molecule has 0 radical (unpaired) electrons. The van der Waals surface area contributed by atoms with Crippen LogP contribution in [0.25, 0.3) is 10.8 Å². The molecule has 0 aliphatic carbocycles. The predicted molar refractivity (Wildman–Crippen MR) is 97.6 cm³/mol. The fourth-order valence-electron chi connectivity index (χ4n) is 3.34. The molecule has 2 heterocycles. The Morgan fingerprint density at radius 2 is 2.04 bits per heavy atom. The molecule has 0 saturated carbocycles. The average molecular weight is 337 g/mol. The highest BCUT2D eigenvalue weighted by atomic mass is 32.1. The van der Waals surface area contributed by atoms with Crippen LogP contribution in [0.15, 0.2) is 53.9 Å². The first kappa shape index (κ1) is 15.2. The maximum absolute atomic E-state index is 12.6. The van der Waals surface area contributed by atoms with Crippen LogP contribution in [0.3, 0.4) is 0 Å². The van der Waals surface area contributed by atoms with Crippen molar-refractivity contribution in [1.82, 2.24) is 4.90 Å². The second-order valence-corrected chi connectivity index (χ2v) is 7.11. The molecule has 0 fully saturated rings. The number of thiophene rings is 1. The molecule has 1 aliphatic rings. The fraction of sp³-hybridized carbons (Fsp3) is 0.250. The average Bonchev–Trinajstić information content (AvgIpc) is 3.09. The number of hydrogen-bond acceptors (Lipinski definition) is 3. The highest BCUT2D eigenvalue weighted by molar-refractivity contribution is 7.10. The zero-order valence-electron chi connectivity index (χ0n) is 13.6. The van der Waals surface area contributed by atoms with Crippen LogP contribution < -0.4 is 4.74 Å². The van der Waals surface area contributed by atoms with Crippen molar-refractivity contribution in [2.75, 3.05) is 13.2 Å². The van der Waals surface area contributed by atoms with Crippen LogP contribution in [0, 0.1) is 0 Å². The number of ether oxygens (including phenoxy) is 1. The highest BCUT2D eigenvalue weighted by Gasteiger charge is 2.28. The van der Waals surface area contributed by atoms with E-state index < -0.39 is 0 Å². The van der Waals surface area contributed by atoms with Gasteiger partial charge >= 0.3 is 0 Å². The van der Waals surface area contributed by atoms with Gasteiger partial charge in [0.2, 0.25) is 0 Å². The van der Waals surface area contributed by atoms with Gasteiger partial charge in [-0.15, -0.1) is 11.3 Å². The number of fused-ring (bicyclic) bond motifs is 2. The van der Waals surface area contributed by atoms with Crippen LogP contribution in [0.4, 0.5) is 0 Å². The van der Waals surface area contributed by atoms with Crippen molar-refractivity contribution in [2.45, 2.75) is 19.4 Å². The van der Waals surface area contributed by atoms with Crippen molar-refractivity contribution in [3.63, 3.8) is 0 Å². The number of benzene rings is 2. The Hall–Kier alpha value is -2.33. The second-order valence-electron chi connectivity index (χ2n) is 6.11. The van der Waals surface area contributed by atoms with Gasteiger partial charge < -0.3 is 9.64 Å². The number of carbonyl (C=O) groups is 1. The van der Waals surface area contributed by atoms with Gasteiger partial charge in [0.25, 0.3) is 5.91 Å². The molecule has 2 aromatic carbocycles. The smallest absolute Gasteiger partial charge is 0.261 e. The van der Waals surface area contributed by atoms with E-state index in [1.807, 2.05) is 35.2 Å². The summed E-state index contributed by atoms with van der Waals surface area (Å²) in [4.78, 5) is 15.9. The van der Waals surface area contributed by atoms with Crippen molar-refractivity contribution in [1.29, 1.82) is 0 Å². The quantitative estimate of drug-likeness (QED) is 0.708. The van der Waals surface area contributed by atoms with Gasteiger partial charge in [-0.05, 0) is 53.3 Å². The van der Waals surface area contributed by atoms with Crippen LogP contribution in [0.2, 0.25) is 0 Å². The maximum atomic E-state index is 12.6. The van der Waals surface area contributed by atoms with E-state index in [0.29, 0.717) is 0 Å². The van der Waals surface area contributed by atoms with Gasteiger partial charge in [0.1, 0.15) is 5.75 Å². The minimum Gasteiger partial charge on any atom is -0.484 e. The van der Waals surface area contributed by atoms with E-state index in [0.717, 1.165) is 24.1 Å². The van der Waals surface area contributed by atoms with Crippen molar-refractivity contribution in [3.05, 3.63) is 64.4 Å². The Morgan fingerprint density at radius 3 is 2.92 bits per heavy atom. The largest absolute Gasteiger partial charge is 0.484 e. The summed E-state index contributed by atoms with van der Waals surface area (Å²) >= 11 is 1.78. The third-order valence-electron chi connectivity index (χ3n) is 4.68. The monoisotopic (exact) mass is 337 g/mol. The highest BCUT2D eigenvalue weighted by Crippen LogP contribution is 2.32. The lowest BCUT2D eigenvalue weighted by molar-refractivity contribution is -0.135. The van der Waals surface area contributed by atoms with E-state index >= 15 is 0 Å². The van der Waals surface area contributed by atoms with Crippen LogP contribution in [0.1, 0.15) is 23.4 Å². The summed E-state index contributed by atoms with van der Waals surface area (Å²) in [6.07, 6.45) is 0.944. The third-order valence-corrected chi connectivity index (χ3v) is 5.68. The number of carbonyl (C=O) groups excluding carboxylic acids is 1. The summed E-state index contributed by atoms with van der Waals surface area (Å²) in [6.45, 7) is 2.95. The molecule has 1 amide bonds. The fourth-order valence-corrected chi connectivity index (χ4v) is 4.30. The summed E-state index contributed by atoms with van der Waals surface area (Å²) in [5, 5.41) is 4.41. The van der Waals surface area contributed by atoms with E-state index in [4.69, 9.17) is 4.74 Å². The SMILES string of the molecule is C[C@@H]1c2ccsc2CCN1C(=O)COc1ccc2ccccc2c1. The molecule has 0 unspecified atom stereocenters. The van der Waals surface area contributed by atoms with E-state index in [1.54, 1.807) is 11.3 Å². The summed E-state index contributed by atoms with van der Waals surface area (Å²) < 4.78 is 5.76. The molecule has 122 valence electrons. The van der Waals surface area contributed by atoms with Crippen LogP contribution in [-0.2, 0) is 11.2 Å². The van der Waals surface area contributed by atoms with Crippen LogP contribution >= 0.6 is 11.3 Å². The van der Waals surface area contributed by atoms with E-state index in [1.165, 1.54) is 15.8 Å². The second kappa shape index (κ2) is 6.29. The van der Waals surface area contributed by atoms with Crippen molar-refractivity contribution < 1.29 is 9.53 Å². The topological polar surface area (TPSA) is 29.5 Å². The van der Waals surface area contributed by atoms with Crippen molar-refractivity contribution >= 4 is 28.0 Å². The minimum absolute atomic E-state index is 0.0486. The standard InChI is InChI=1S/C20H19NO2S/c1-14-18-9-11-24-19(18)8-10-21(14)20(22)13-23-17-7-6-15-4-2-3-5-16(15)12-17/h2-7,9,11-12,14H,8,10,13H2,1H3/t14-/m1/s1. The molecule has 1 atom stereocenters. The normalized spacial score (nSPS) is 16.9. The summed E-state index contributed by atoms with van der Waals surface area (Å²) in [7, 11) is 0. The molecule has 3 aromatic rings.